The minimum absolute atomic E-state index is 0.126. The van der Waals surface area contributed by atoms with Crippen molar-refractivity contribution in [2.75, 3.05) is 0 Å². The Bertz CT molecular complexity index is 514. The molecule has 0 aromatic carbocycles. The highest BCUT2D eigenvalue weighted by atomic mass is 16.6. The van der Waals surface area contributed by atoms with E-state index >= 15 is 0 Å². The van der Waals surface area contributed by atoms with Gasteiger partial charge in [0.15, 0.2) is 0 Å². The van der Waals surface area contributed by atoms with Crippen LogP contribution in [0.4, 0.5) is 0 Å². The molecule has 4 rings (SSSR count). The normalized spacial score (nSPS) is 57.0. The van der Waals surface area contributed by atoms with Crippen LogP contribution < -0.4 is 0 Å². The maximum Gasteiger partial charge on any atom is 0.312 e. The van der Waals surface area contributed by atoms with E-state index in [1.807, 2.05) is 0 Å². The smallest absolute Gasteiger partial charge is 0.312 e. The molecule has 0 N–H and O–H groups in total. The van der Waals surface area contributed by atoms with Crippen molar-refractivity contribution in [2.45, 2.75) is 91.1 Å². The van der Waals surface area contributed by atoms with Gasteiger partial charge in [0.25, 0.3) is 0 Å². The highest BCUT2D eigenvalue weighted by molar-refractivity contribution is 5.81. The average molecular weight is 304 g/mol. The lowest BCUT2D eigenvalue weighted by Gasteiger charge is -2.62. The molecule has 3 saturated carbocycles. The second-order valence-corrected chi connectivity index (χ2v) is 9.66. The average Bonchev–Trinajstić information content (AvgIpc) is 2.61. The monoisotopic (exact) mass is 304 g/mol. The Labute approximate surface area is 135 Å². The van der Waals surface area contributed by atoms with Crippen molar-refractivity contribution < 1.29 is 9.53 Å². The van der Waals surface area contributed by atoms with Crippen molar-refractivity contribution in [3.63, 3.8) is 0 Å². The summed E-state index contributed by atoms with van der Waals surface area (Å²) >= 11 is 0. The van der Waals surface area contributed by atoms with Gasteiger partial charge in [-0.2, -0.15) is 0 Å². The highest BCUT2D eigenvalue weighted by Gasteiger charge is 2.73. The molecule has 1 saturated heterocycles. The minimum atomic E-state index is -0.183. The molecule has 2 nitrogen and oxygen atoms in total. The summed E-state index contributed by atoms with van der Waals surface area (Å²) in [5.74, 6) is 1.35. The summed E-state index contributed by atoms with van der Waals surface area (Å²) in [5, 5.41) is 0. The molecule has 4 fully saturated rings. The molecule has 1 heterocycles. The lowest BCUT2D eigenvalue weighted by atomic mass is 9.42. The number of fused-ring (bicyclic) bond motifs is 1. The van der Waals surface area contributed by atoms with E-state index in [2.05, 4.69) is 27.7 Å². The number of esters is 1. The Morgan fingerprint density at radius 3 is 2.59 bits per heavy atom. The standard InChI is InChI=1S/C20H32O2/c1-5-17(2)11-12-19(4)14(13-17)7-8-15-18(3)9-6-10-20(15,19)22-16(18)21/h14-15H,5-13H2,1-4H3. The van der Waals surface area contributed by atoms with E-state index in [9.17, 15) is 4.79 Å². The predicted molar refractivity (Wildman–Crippen MR) is 87.4 cm³/mol. The molecular weight excluding hydrogens is 272 g/mol. The van der Waals surface area contributed by atoms with Crippen molar-refractivity contribution >= 4 is 5.97 Å². The summed E-state index contributed by atoms with van der Waals surface area (Å²) < 4.78 is 6.32. The molecule has 124 valence electrons. The van der Waals surface area contributed by atoms with Gasteiger partial charge in [0, 0.05) is 11.3 Å². The molecule has 3 aliphatic carbocycles. The molecule has 0 aromatic heterocycles. The second kappa shape index (κ2) is 4.30. The topological polar surface area (TPSA) is 26.3 Å². The first kappa shape index (κ1) is 15.0. The van der Waals surface area contributed by atoms with Crippen LogP contribution in [-0.4, -0.2) is 11.6 Å². The first-order valence-electron chi connectivity index (χ1n) is 9.53. The van der Waals surface area contributed by atoms with Crippen molar-refractivity contribution in [3.8, 4) is 0 Å². The fourth-order valence-electron chi connectivity index (χ4n) is 6.94. The summed E-state index contributed by atoms with van der Waals surface area (Å²) in [6.45, 7) is 9.49. The van der Waals surface area contributed by atoms with Gasteiger partial charge in [-0.05, 0) is 69.6 Å². The van der Waals surface area contributed by atoms with Crippen LogP contribution in [0.3, 0.4) is 0 Å². The first-order chi connectivity index (χ1) is 10.3. The van der Waals surface area contributed by atoms with Gasteiger partial charge < -0.3 is 4.74 Å². The van der Waals surface area contributed by atoms with Crippen molar-refractivity contribution in [1.29, 1.82) is 0 Å². The Kier molecular flexibility index (Phi) is 2.94. The summed E-state index contributed by atoms with van der Waals surface area (Å²) in [4.78, 5) is 12.7. The summed E-state index contributed by atoms with van der Waals surface area (Å²) in [5.41, 5.74) is 0.416. The molecule has 0 spiro atoms. The molecular formula is C20H32O2. The molecule has 22 heavy (non-hydrogen) atoms. The van der Waals surface area contributed by atoms with Gasteiger partial charge in [-0.1, -0.05) is 27.2 Å². The molecule has 2 heteroatoms. The van der Waals surface area contributed by atoms with Crippen molar-refractivity contribution in [3.05, 3.63) is 0 Å². The zero-order valence-corrected chi connectivity index (χ0v) is 14.8. The first-order valence-corrected chi connectivity index (χ1v) is 9.53. The van der Waals surface area contributed by atoms with E-state index in [4.69, 9.17) is 4.74 Å². The van der Waals surface area contributed by atoms with Crippen molar-refractivity contribution in [2.24, 2.45) is 28.1 Å². The molecule has 4 aliphatic rings. The highest BCUT2D eigenvalue weighted by Crippen LogP contribution is 2.71. The van der Waals surface area contributed by atoms with Gasteiger partial charge in [0.2, 0.25) is 0 Å². The molecule has 0 radical (unpaired) electrons. The van der Waals surface area contributed by atoms with Crippen LogP contribution in [0.2, 0.25) is 0 Å². The second-order valence-electron chi connectivity index (χ2n) is 9.66. The van der Waals surface area contributed by atoms with Gasteiger partial charge >= 0.3 is 5.97 Å². The minimum Gasteiger partial charge on any atom is -0.458 e. The molecule has 0 amide bonds. The van der Waals surface area contributed by atoms with Crippen LogP contribution in [0.15, 0.2) is 0 Å². The molecule has 6 unspecified atom stereocenters. The summed E-state index contributed by atoms with van der Waals surface area (Å²) in [6.07, 6.45) is 11.0. The van der Waals surface area contributed by atoms with Crippen molar-refractivity contribution in [1.82, 2.24) is 0 Å². The fourth-order valence-corrected chi connectivity index (χ4v) is 6.94. The lowest BCUT2D eigenvalue weighted by molar-refractivity contribution is -0.205. The molecule has 1 aliphatic heterocycles. The van der Waals surface area contributed by atoms with Crippen LogP contribution in [0.5, 0.6) is 0 Å². The number of ether oxygens (including phenoxy) is 1. The zero-order chi connectivity index (χ0) is 15.8. The van der Waals surface area contributed by atoms with Gasteiger partial charge in [0.1, 0.15) is 5.60 Å². The third-order valence-corrected chi connectivity index (χ3v) is 8.83. The van der Waals surface area contributed by atoms with Gasteiger partial charge in [-0.25, -0.2) is 0 Å². The van der Waals surface area contributed by atoms with E-state index in [-0.39, 0.29) is 22.4 Å². The third-order valence-electron chi connectivity index (χ3n) is 8.83. The van der Waals surface area contributed by atoms with E-state index in [1.54, 1.807) is 0 Å². The van der Waals surface area contributed by atoms with Crippen LogP contribution in [0.25, 0.3) is 0 Å². The van der Waals surface area contributed by atoms with E-state index in [1.165, 1.54) is 44.9 Å². The SMILES string of the molecule is CCC1(C)CCC2(C)C(CCC3C4(C)CCCC32OC4=O)C1. The van der Waals surface area contributed by atoms with Gasteiger partial charge in [0.05, 0.1) is 5.41 Å². The van der Waals surface area contributed by atoms with Crippen LogP contribution in [-0.2, 0) is 9.53 Å². The molecule has 2 bridgehead atoms. The summed E-state index contributed by atoms with van der Waals surface area (Å²) in [6, 6.07) is 0. The third kappa shape index (κ3) is 1.55. The quantitative estimate of drug-likeness (QED) is 0.630. The Balaban J connectivity index is 1.75. The zero-order valence-electron chi connectivity index (χ0n) is 14.8. The number of carbonyl (C=O) groups is 1. The van der Waals surface area contributed by atoms with E-state index < -0.39 is 0 Å². The Hall–Kier alpha value is -0.530. The van der Waals surface area contributed by atoms with Crippen LogP contribution in [0.1, 0.15) is 85.5 Å². The number of carbonyl (C=O) groups excluding carboxylic acids is 1. The van der Waals surface area contributed by atoms with Gasteiger partial charge in [-0.15, -0.1) is 0 Å². The lowest BCUT2D eigenvalue weighted by Crippen LogP contribution is -2.62. The van der Waals surface area contributed by atoms with E-state index in [0.29, 0.717) is 11.3 Å². The number of rotatable bonds is 1. The van der Waals surface area contributed by atoms with Crippen LogP contribution in [0, 0.1) is 28.1 Å². The maximum atomic E-state index is 12.7. The largest absolute Gasteiger partial charge is 0.458 e. The predicted octanol–water partition coefficient (Wildman–Crippen LogP) is 5.10. The maximum absolute atomic E-state index is 12.7. The van der Waals surface area contributed by atoms with Crippen LogP contribution >= 0.6 is 0 Å². The van der Waals surface area contributed by atoms with E-state index in [0.717, 1.165) is 18.8 Å². The Morgan fingerprint density at radius 1 is 1.09 bits per heavy atom. The summed E-state index contributed by atoms with van der Waals surface area (Å²) in [7, 11) is 0. The fraction of sp³-hybridized carbons (Fsp3) is 0.950. The number of hydrogen-bond acceptors (Lipinski definition) is 2. The van der Waals surface area contributed by atoms with Gasteiger partial charge in [-0.3, -0.25) is 4.79 Å². The molecule has 0 aromatic rings. The molecule has 6 atom stereocenters. The Morgan fingerprint density at radius 2 is 1.86 bits per heavy atom. The number of hydrogen-bond donors (Lipinski definition) is 0.